The number of hydrogen-bond acceptors (Lipinski definition) is 7. The van der Waals surface area contributed by atoms with E-state index in [1.165, 1.54) is 6.20 Å². The van der Waals surface area contributed by atoms with Crippen molar-refractivity contribution in [2.75, 3.05) is 11.9 Å². The molecule has 2 aromatic heterocycles. The maximum Gasteiger partial charge on any atom is 0.257 e. The van der Waals surface area contributed by atoms with Crippen LogP contribution in [0.4, 0.5) is 5.69 Å². The number of fused-ring (bicyclic) bond motifs is 3. The molecule has 2 aliphatic heterocycles. The molecule has 4 heterocycles. The Balaban J connectivity index is 1.26. The second kappa shape index (κ2) is 10.2. The molecule has 35 heavy (non-hydrogen) atoms. The molecule has 0 spiro atoms. The molecule has 2 amide bonds. The van der Waals surface area contributed by atoms with Crippen LogP contribution in [0.25, 0.3) is 0 Å². The second-order valence-electron chi connectivity index (χ2n) is 8.65. The number of hydrogen-bond donors (Lipinski definition) is 3. The maximum absolute atomic E-state index is 12.6. The molecule has 0 unspecified atom stereocenters. The number of anilines is 1. The predicted molar refractivity (Wildman–Crippen MR) is 127 cm³/mol. The van der Waals surface area contributed by atoms with Crippen LogP contribution in [-0.2, 0) is 16.1 Å². The van der Waals surface area contributed by atoms with Gasteiger partial charge in [0, 0.05) is 35.8 Å². The summed E-state index contributed by atoms with van der Waals surface area (Å²) in [5.74, 6) is 0.227. The number of carbonyl (C=O) groups is 2. The number of nitrogens with zero attached hydrogens (tertiary/aromatic N) is 2. The first-order valence-electron chi connectivity index (χ1n) is 11.6. The third kappa shape index (κ3) is 5.16. The molecule has 0 saturated carbocycles. The van der Waals surface area contributed by atoms with Crippen LogP contribution in [0, 0.1) is 0 Å². The average Bonchev–Trinajstić information content (AvgIpc) is 3.26. The number of benzene rings is 1. The van der Waals surface area contributed by atoms with Gasteiger partial charge in [0.05, 0.1) is 36.9 Å². The van der Waals surface area contributed by atoms with Crippen LogP contribution in [-0.4, -0.2) is 51.8 Å². The Morgan fingerprint density at radius 2 is 2.03 bits per heavy atom. The van der Waals surface area contributed by atoms with Crippen LogP contribution >= 0.6 is 0 Å². The summed E-state index contributed by atoms with van der Waals surface area (Å²) in [4.78, 5) is 33.3. The zero-order chi connectivity index (χ0) is 24.2. The molecule has 1 fully saturated rings. The van der Waals surface area contributed by atoms with Crippen molar-refractivity contribution in [3.63, 3.8) is 0 Å². The summed E-state index contributed by atoms with van der Waals surface area (Å²) in [6, 6.07) is 14.4. The van der Waals surface area contributed by atoms with E-state index in [2.05, 4.69) is 20.6 Å². The fourth-order valence-corrected chi connectivity index (χ4v) is 4.64. The minimum Gasteiger partial charge on any atom is -0.487 e. The highest BCUT2D eigenvalue weighted by atomic mass is 16.6. The summed E-state index contributed by atoms with van der Waals surface area (Å²) in [5.41, 5.74) is 2.81. The summed E-state index contributed by atoms with van der Waals surface area (Å²) < 4.78 is 12.1. The number of aromatic nitrogens is 2. The largest absolute Gasteiger partial charge is 0.487 e. The van der Waals surface area contributed by atoms with E-state index in [0.29, 0.717) is 30.0 Å². The van der Waals surface area contributed by atoms with E-state index < -0.39 is 6.10 Å². The first-order valence-corrected chi connectivity index (χ1v) is 11.6. The number of nitrogens with one attached hydrogen (secondary N) is 2. The van der Waals surface area contributed by atoms with Gasteiger partial charge < -0.3 is 25.2 Å². The van der Waals surface area contributed by atoms with Gasteiger partial charge in [-0.2, -0.15) is 0 Å². The number of carbonyl (C=O) groups excluding carboxylic acids is 2. The Kier molecular flexibility index (Phi) is 6.69. The van der Waals surface area contributed by atoms with Crippen LogP contribution in [0.1, 0.15) is 40.4 Å². The fourth-order valence-electron chi connectivity index (χ4n) is 4.64. The van der Waals surface area contributed by atoms with Crippen molar-refractivity contribution in [3.8, 4) is 5.75 Å². The molecule has 4 atom stereocenters. The number of amides is 2. The number of rotatable bonds is 7. The van der Waals surface area contributed by atoms with E-state index in [-0.39, 0.29) is 43.0 Å². The van der Waals surface area contributed by atoms with E-state index in [1.54, 1.807) is 30.6 Å². The summed E-state index contributed by atoms with van der Waals surface area (Å²) >= 11 is 0. The molecule has 0 bridgehead atoms. The number of aliphatic hydroxyl groups excluding tert-OH is 1. The molecule has 9 heteroatoms. The van der Waals surface area contributed by atoms with Crippen molar-refractivity contribution in [1.29, 1.82) is 0 Å². The quantitative estimate of drug-likeness (QED) is 0.481. The van der Waals surface area contributed by atoms with Gasteiger partial charge in [0.1, 0.15) is 18.0 Å². The van der Waals surface area contributed by atoms with Crippen molar-refractivity contribution < 1.29 is 24.2 Å². The fraction of sp³-hybridized carbons (Fsp3) is 0.308. The molecule has 1 aromatic carbocycles. The van der Waals surface area contributed by atoms with Gasteiger partial charge in [0.2, 0.25) is 5.91 Å². The average molecular weight is 475 g/mol. The molecular weight excluding hydrogens is 448 g/mol. The standard InChI is InChI=1S/C26H26N4O5/c31-15-23-25-21(11-19(34-23)12-24(32)29-14-18-5-1-2-9-28-18)20-10-17(6-7-22(20)35-25)30-26(33)16-4-3-8-27-13-16/h1-10,13,19,21,23,25,31H,11-12,14-15H2,(H,29,32)(H,30,33)/t19-,21+,23-,25-/m1/s1. The monoisotopic (exact) mass is 474 g/mol. The highest BCUT2D eigenvalue weighted by Crippen LogP contribution is 2.47. The first kappa shape index (κ1) is 22.9. The van der Waals surface area contributed by atoms with Gasteiger partial charge in [-0.25, -0.2) is 0 Å². The van der Waals surface area contributed by atoms with Crippen molar-refractivity contribution in [2.24, 2.45) is 0 Å². The lowest BCUT2D eigenvalue weighted by Gasteiger charge is -2.37. The summed E-state index contributed by atoms with van der Waals surface area (Å²) in [5, 5.41) is 15.7. The van der Waals surface area contributed by atoms with Gasteiger partial charge in [0.25, 0.3) is 5.91 Å². The summed E-state index contributed by atoms with van der Waals surface area (Å²) in [7, 11) is 0. The molecule has 180 valence electrons. The third-order valence-electron chi connectivity index (χ3n) is 6.29. The Bertz CT molecular complexity index is 1190. The molecule has 2 aliphatic rings. The molecule has 5 rings (SSSR count). The molecule has 3 aromatic rings. The topological polar surface area (TPSA) is 123 Å². The maximum atomic E-state index is 12.6. The molecule has 9 nitrogen and oxygen atoms in total. The van der Waals surface area contributed by atoms with Crippen molar-refractivity contribution >= 4 is 17.5 Å². The molecule has 3 N–H and O–H groups in total. The van der Waals surface area contributed by atoms with Crippen LogP contribution < -0.4 is 15.4 Å². The van der Waals surface area contributed by atoms with Gasteiger partial charge in [-0.3, -0.25) is 19.6 Å². The Labute approximate surface area is 202 Å². The van der Waals surface area contributed by atoms with E-state index in [4.69, 9.17) is 9.47 Å². The van der Waals surface area contributed by atoms with E-state index in [0.717, 1.165) is 11.3 Å². The Morgan fingerprint density at radius 1 is 1.11 bits per heavy atom. The highest BCUT2D eigenvalue weighted by molar-refractivity contribution is 6.04. The zero-order valence-electron chi connectivity index (χ0n) is 19.0. The van der Waals surface area contributed by atoms with E-state index in [1.807, 2.05) is 30.3 Å². The zero-order valence-corrected chi connectivity index (χ0v) is 19.0. The van der Waals surface area contributed by atoms with Crippen LogP contribution in [0.15, 0.2) is 67.1 Å². The van der Waals surface area contributed by atoms with Crippen molar-refractivity contribution in [1.82, 2.24) is 15.3 Å². The minimum atomic E-state index is -0.553. The Hall–Kier alpha value is -3.82. The van der Waals surface area contributed by atoms with Crippen LogP contribution in [0.2, 0.25) is 0 Å². The predicted octanol–water partition coefficient (Wildman–Crippen LogP) is 2.43. The molecular formula is C26H26N4O5. The van der Waals surface area contributed by atoms with Crippen LogP contribution in [0.3, 0.4) is 0 Å². The smallest absolute Gasteiger partial charge is 0.257 e. The molecule has 0 radical (unpaired) electrons. The lowest BCUT2D eigenvalue weighted by Crippen LogP contribution is -2.47. The van der Waals surface area contributed by atoms with Crippen molar-refractivity contribution in [2.45, 2.75) is 43.6 Å². The second-order valence-corrected chi connectivity index (χ2v) is 8.65. The Morgan fingerprint density at radius 3 is 2.80 bits per heavy atom. The van der Waals surface area contributed by atoms with Gasteiger partial charge in [-0.05, 0) is 48.9 Å². The van der Waals surface area contributed by atoms with Gasteiger partial charge in [-0.1, -0.05) is 6.07 Å². The van der Waals surface area contributed by atoms with Gasteiger partial charge >= 0.3 is 0 Å². The summed E-state index contributed by atoms with van der Waals surface area (Å²) in [6.45, 7) is 0.125. The summed E-state index contributed by atoms with van der Waals surface area (Å²) in [6.07, 6.45) is 4.25. The van der Waals surface area contributed by atoms with E-state index >= 15 is 0 Å². The number of pyridine rings is 2. The molecule has 0 aliphatic carbocycles. The third-order valence-corrected chi connectivity index (χ3v) is 6.29. The number of aliphatic hydroxyl groups is 1. The van der Waals surface area contributed by atoms with Crippen molar-refractivity contribution in [3.05, 3.63) is 83.9 Å². The van der Waals surface area contributed by atoms with Gasteiger partial charge in [0.15, 0.2) is 0 Å². The number of ether oxygens (including phenoxy) is 2. The van der Waals surface area contributed by atoms with Crippen LogP contribution in [0.5, 0.6) is 5.75 Å². The highest BCUT2D eigenvalue weighted by Gasteiger charge is 2.46. The minimum absolute atomic E-state index is 0.0697. The lowest BCUT2D eigenvalue weighted by atomic mass is 9.84. The molecule has 1 saturated heterocycles. The normalized spacial score (nSPS) is 22.4. The SMILES string of the molecule is O=C(C[C@H]1C[C@H]2c3cc(NC(=O)c4cccnc4)ccc3O[C@H]2[C@@H](CO)O1)NCc1ccccn1. The first-order chi connectivity index (χ1) is 17.1. The lowest BCUT2D eigenvalue weighted by molar-refractivity contribution is -0.142. The van der Waals surface area contributed by atoms with Gasteiger partial charge in [-0.15, -0.1) is 0 Å². The van der Waals surface area contributed by atoms with E-state index in [9.17, 15) is 14.7 Å².